The van der Waals surface area contributed by atoms with Crippen LogP contribution in [0.25, 0.3) is 5.57 Å². The van der Waals surface area contributed by atoms with Gasteiger partial charge >= 0.3 is 16.2 Å². The molecule has 0 aliphatic carbocycles. The van der Waals surface area contributed by atoms with Crippen molar-refractivity contribution < 1.29 is 18.3 Å². The summed E-state index contributed by atoms with van der Waals surface area (Å²) in [5.74, 6) is -0.888. The van der Waals surface area contributed by atoms with Crippen LogP contribution < -0.4 is 15.8 Å². The first kappa shape index (κ1) is 25.0. The second kappa shape index (κ2) is 11.4. The summed E-state index contributed by atoms with van der Waals surface area (Å²) in [5, 5.41) is 14.0. The van der Waals surface area contributed by atoms with Crippen molar-refractivity contribution in [3.63, 3.8) is 0 Å². The maximum atomic E-state index is 11.4. The molecule has 9 nitrogen and oxygen atoms in total. The van der Waals surface area contributed by atoms with Gasteiger partial charge in [0, 0.05) is 36.6 Å². The molecule has 32 heavy (non-hydrogen) atoms. The number of nitrogens with zero attached hydrogens (tertiary/aromatic N) is 3. The molecule has 0 bridgehead atoms. The van der Waals surface area contributed by atoms with Gasteiger partial charge in [0.05, 0.1) is 0 Å². The lowest BCUT2D eigenvalue weighted by Crippen LogP contribution is -2.41. The van der Waals surface area contributed by atoms with Gasteiger partial charge < -0.3 is 15.7 Å². The van der Waals surface area contributed by atoms with Crippen molar-refractivity contribution in [2.75, 3.05) is 11.4 Å². The Morgan fingerprint density at radius 3 is 2.56 bits per heavy atom. The molecular formula is C22H29N5O4S. The Bertz CT molecular complexity index is 1080. The van der Waals surface area contributed by atoms with E-state index < -0.39 is 16.2 Å². The first-order chi connectivity index (χ1) is 15.1. The van der Waals surface area contributed by atoms with Crippen LogP contribution in [-0.2, 0) is 15.0 Å². The van der Waals surface area contributed by atoms with E-state index in [9.17, 15) is 13.2 Å². The quantitative estimate of drug-likeness (QED) is 0.280. The normalized spacial score (nSPS) is 12.8. The van der Waals surface area contributed by atoms with Crippen LogP contribution in [0.3, 0.4) is 0 Å². The summed E-state index contributed by atoms with van der Waals surface area (Å²) in [6.07, 6.45) is 6.56. The number of carboxylic acid groups (broad SMARTS) is 1. The number of benzene rings is 1. The third kappa shape index (κ3) is 8.12. The first-order valence-corrected chi connectivity index (χ1v) is 11.7. The van der Waals surface area contributed by atoms with Gasteiger partial charge in [-0.3, -0.25) is 9.78 Å². The smallest absolute Gasteiger partial charge is 0.320 e. The Labute approximate surface area is 188 Å². The highest BCUT2D eigenvalue weighted by molar-refractivity contribution is 7.88. The van der Waals surface area contributed by atoms with Gasteiger partial charge in [-0.2, -0.15) is 8.42 Å². The number of pyridine rings is 1. The Morgan fingerprint density at radius 2 is 1.97 bits per heavy atom. The summed E-state index contributed by atoms with van der Waals surface area (Å²) in [5.41, 5.74) is 9.25. The lowest BCUT2D eigenvalue weighted by atomic mass is 9.97. The SMILES string of the molecule is CC(C)CN(C(N)=NS(N)(=O)=O)c1cccc(C(=CCCCC(=O)O)c2cccnc2)c1. The van der Waals surface area contributed by atoms with Gasteiger partial charge in [0.1, 0.15) is 0 Å². The molecule has 0 radical (unpaired) electrons. The Balaban J connectivity index is 2.49. The molecule has 1 aromatic carbocycles. The van der Waals surface area contributed by atoms with Gasteiger partial charge in [0.2, 0.25) is 5.96 Å². The second-order valence-electron chi connectivity index (χ2n) is 7.66. The number of aromatic nitrogens is 1. The summed E-state index contributed by atoms with van der Waals surface area (Å²) in [7, 11) is -4.15. The number of hydrogen-bond acceptors (Lipinski definition) is 4. The number of anilines is 1. The van der Waals surface area contributed by atoms with Gasteiger partial charge in [0.25, 0.3) is 0 Å². The van der Waals surface area contributed by atoms with Crippen molar-refractivity contribution >= 4 is 33.4 Å². The van der Waals surface area contributed by atoms with E-state index in [0.29, 0.717) is 25.1 Å². The van der Waals surface area contributed by atoms with E-state index in [2.05, 4.69) is 9.38 Å². The summed E-state index contributed by atoms with van der Waals surface area (Å²) < 4.78 is 26.3. The van der Waals surface area contributed by atoms with Gasteiger partial charge in [-0.15, -0.1) is 4.40 Å². The number of carbonyl (C=O) groups is 1. The van der Waals surface area contributed by atoms with Crippen LogP contribution in [-0.4, -0.2) is 37.0 Å². The lowest BCUT2D eigenvalue weighted by Gasteiger charge is -2.26. The highest BCUT2D eigenvalue weighted by Crippen LogP contribution is 2.28. The highest BCUT2D eigenvalue weighted by atomic mass is 32.2. The fourth-order valence-electron chi connectivity index (χ4n) is 3.14. The molecule has 5 N–H and O–H groups in total. The van der Waals surface area contributed by atoms with Crippen LogP contribution >= 0.6 is 0 Å². The molecule has 172 valence electrons. The number of hydrogen-bond donors (Lipinski definition) is 3. The number of aliphatic carboxylic acids is 1. The zero-order chi connectivity index (χ0) is 23.7. The minimum absolute atomic E-state index is 0.0829. The number of unbranched alkanes of at least 4 members (excludes halogenated alkanes) is 1. The minimum atomic E-state index is -4.15. The topological polar surface area (TPSA) is 152 Å². The van der Waals surface area contributed by atoms with Gasteiger partial charge in [-0.1, -0.05) is 38.1 Å². The predicted molar refractivity (Wildman–Crippen MR) is 126 cm³/mol. The van der Waals surface area contributed by atoms with E-state index in [1.807, 2.05) is 56.3 Å². The third-order valence-electron chi connectivity index (χ3n) is 4.43. The van der Waals surface area contributed by atoms with Crippen molar-refractivity contribution in [3.8, 4) is 0 Å². The van der Waals surface area contributed by atoms with Crippen LogP contribution in [0.5, 0.6) is 0 Å². The zero-order valence-electron chi connectivity index (χ0n) is 18.2. The number of carboxylic acids is 1. The Kier molecular flexibility index (Phi) is 8.91. The molecule has 1 aromatic heterocycles. The van der Waals surface area contributed by atoms with E-state index in [-0.39, 0.29) is 18.3 Å². The summed E-state index contributed by atoms with van der Waals surface area (Å²) >= 11 is 0. The fourth-order valence-corrected chi connectivity index (χ4v) is 3.50. The van der Waals surface area contributed by atoms with Crippen molar-refractivity contribution in [1.29, 1.82) is 0 Å². The lowest BCUT2D eigenvalue weighted by molar-refractivity contribution is -0.137. The van der Waals surface area contributed by atoms with Crippen LogP contribution in [0.15, 0.2) is 59.3 Å². The molecule has 0 fully saturated rings. The fraction of sp³-hybridized carbons (Fsp3) is 0.318. The van der Waals surface area contributed by atoms with Crippen LogP contribution in [0.4, 0.5) is 5.69 Å². The third-order valence-corrected chi connectivity index (χ3v) is 4.87. The van der Waals surface area contributed by atoms with Crippen molar-refractivity contribution in [2.24, 2.45) is 21.2 Å². The molecule has 0 atom stereocenters. The Hall–Kier alpha value is -3.24. The molecule has 2 aromatic rings. The molecule has 0 spiro atoms. The first-order valence-electron chi connectivity index (χ1n) is 10.2. The van der Waals surface area contributed by atoms with Crippen molar-refractivity contribution in [2.45, 2.75) is 33.1 Å². The molecule has 1 heterocycles. The number of rotatable bonds is 10. The molecular weight excluding hydrogens is 430 g/mol. The van der Waals surface area contributed by atoms with Crippen LogP contribution in [0, 0.1) is 5.92 Å². The maximum absolute atomic E-state index is 11.4. The number of allylic oxidation sites excluding steroid dienone is 1. The summed E-state index contributed by atoms with van der Waals surface area (Å²) in [6.45, 7) is 4.38. The molecule has 2 rings (SSSR count). The summed E-state index contributed by atoms with van der Waals surface area (Å²) in [4.78, 5) is 16.6. The zero-order valence-corrected chi connectivity index (χ0v) is 19.0. The molecule has 0 amide bonds. The van der Waals surface area contributed by atoms with Crippen molar-refractivity contribution in [1.82, 2.24) is 4.98 Å². The molecule has 0 saturated heterocycles. The van der Waals surface area contributed by atoms with E-state index in [1.165, 1.54) is 0 Å². The highest BCUT2D eigenvalue weighted by Gasteiger charge is 2.16. The van der Waals surface area contributed by atoms with Crippen LogP contribution in [0.1, 0.15) is 44.2 Å². The van der Waals surface area contributed by atoms with E-state index >= 15 is 0 Å². The minimum Gasteiger partial charge on any atom is -0.481 e. The van der Waals surface area contributed by atoms with Gasteiger partial charge in [0.15, 0.2) is 0 Å². The van der Waals surface area contributed by atoms with Gasteiger partial charge in [-0.25, -0.2) is 5.14 Å². The molecule has 10 heteroatoms. The standard InChI is InChI=1S/C22H29N5O4S/c1-16(2)15-27(22(23)26-32(24,30)31)19-9-5-7-17(13-19)20(10-3-4-11-21(28)29)18-8-6-12-25-14-18/h5-10,12-14,16H,3-4,11,15H2,1-2H3,(H2,23,26)(H,28,29)(H2,24,30,31). The van der Waals surface area contributed by atoms with Crippen molar-refractivity contribution in [3.05, 3.63) is 66.0 Å². The second-order valence-corrected chi connectivity index (χ2v) is 8.88. The van der Waals surface area contributed by atoms with Gasteiger partial charge in [-0.05, 0) is 48.1 Å². The average molecular weight is 460 g/mol. The molecule has 0 aliphatic heterocycles. The monoisotopic (exact) mass is 459 g/mol. The number of nitrogens with two attached hydrogens (primary N) is 2. The number of guanidine groups is 1. The maximum Gasteiger partial charge on any atom is 0.320 e. The molecule has 0 aliphatic rings. The largest absolute Gasteiger partial charge is 0.481 e. The predicted octanol–water partition coefficient (Wildman–Crippen LogP) is 2.75. The average Bonchev–Trinajstić information content (AvgIpc) is 2.71. The van der Waals surface area contributed by atoms with E-state index in [4.69, 9.17) is 16.0 Å². The van der Waals surface area contributed by atoms with E-state index in [0.717, 1.165) is 16.7 Å². The Morgan fingerprint density at radius 1 is 1.25 bits per heavy atom. The molecule has 0 saturated carbocycles. The summed E-state index contributed by atoms with van der Waals surface area (Å²) in [6, 6.07) is 11.2. The van der Waals surface area contributed by atoms with Crippen LogP contribution in [0.2, 0.25) is 0 Å². The molecule has 0 unspecified atom stereocenters. The van der Waals surface area contributed by atoms with E-state index in [1.54, 1.807) is 17.3 Å².